The minimum atomic E-state index is -3.58. The van der Waals surface area contributed by atoms with Crippen LogP contribution in [0.4, 0.5) is 0 Å². The molecule has 0 amide bonds. The zero-order chi connectivity index (χ0) is 18.0. The lowest BCUT2D eigenvalue weighted by Crippen LogP contribution is -2.34. The predicted octanol–water partition coefficient (Wildman–Crippen LogP) is 2.89. The van der Waals surface area contributed by atoms with E-state index >= 15 is 0 Å². The highest BCUT2D eigenvalue weighted by Gasteiger charge is 2.28. The Balaban J connectivity index is 1.95. The lowest BCUT2D eigenvalue weighted by molar-refractivity contribution is 0.432. The molecule has 26 heavy (non-hydrogen) atoms. The average Bonchev–Trinajstić information content (AvgIpc) is 2.98. The third kappa shape index (κ3) is 3.11. The highest BCUT2D eigenvalue weighted by molar-refractivity contribution is 7.89. The van der Waals surface area contributed by atoms with Crippen molar-refractivity contribution in [3.63, 3.8) is 0 Å². The van der Waals surface area contributed by atoms with Crippen LogP contribution in [0.3, 0.4) is 0 Å². The Morgan fingerprint density at radius 3 is 2.65 bits per heavy atom. The van der Waals surface area contributed by atoms with E-state index in [4.69, 9.17) is 0 Å². The number of hydrogen-bond donors (Lipinski definition) is 1. The molecule has 1 aromatic heterocycles. The summed E-state index contributed by atoms with van der Waals surface area (Å²) >= 11 is 0. The Morgan fingerprint density at radius 2 is 1.81 bits per heavy atom. The number of aromatic nitrogens is 1. The quantitative estimate of drug-likeness (QED) is 0.773. The molecule has 1 N–H and O–H groups in total. The summed E-state index contributed by atoms with van der Waals surface area (Å²) < 4.78 is 28.5. The third-order valence-electron chi connectivity index (χ3n) is 4.76. The van der Waals surface area contributed by atoms with E-state index in [1.54, 1.807) is 22.8 Å². The number of pyridine rings is 1. The highest BCUT2D eigenvalue weighted by atomic mass is 32.2. The summed E-state index contributed by atoms with van der Waals surface area (Å²) in [5, 5.41) is 5.10. The molecule has 2 aromatic carbocycles. The molecule has 0 atom stereocenters. The van der Waals surface area contributed by atoms with Crippen LogP contribution in [0.15, 0.2) is 65.8 Å². The molecule has 1 saturated heterocycles. The summed E-state index contributed by atoms with van der Waals surface area (Å²) in [5.41, 5.74) is 1.65. The van der Waals surface area contributed by atoms with Crippen molar-refractivity contribution < 1.29 is 8.42 Å². The SMILES string of the molecule is O=S(=O)(c1ccc2cnccc2c1-c1ccccc1)N1CCCNCC1. The normalized spacial score (nSPS) is 16.5. The van der Waals surface area contributed by atoms with Crippen LogP contribution in [0.5, 0.6) is 0 Å². The van der Waals surface area contributed by atoms with Gasteiger partial charge in [-0.3, -0.25) is 4.98 Å². The van der Waals surface area contributed by atoms with Gasteiger partial charge in [0.1, 0.15) is 0 Å². The zero-order valence-electron chi connectivity index (χ0n) is 14.4. The largest absolute Gasteiger partial charge is 0.315 e. The van der Waals surface area contributed by atoms with Gasteiger partial charge in [0, 0.05) is 43.0 Å². The van der Waals surface area contributed by atoms with Crippen LogP contribution in [0.25, 0.3) is 21.9 Å². The molecule has 3 aromatic rings. The van der Waals surface area contributed by atoms with Gasteiger partial charge in [0.2, 0.25) is 10.0 Å². The Morgan fingerprint density at radius 1 is 0.962 bits per heavy atom. The van der Waals surface area contributed by atoms with Gasteiger partial charge in [0.25, 0.3) is 0 Å². The number of benzene rings is 2. The van der Waals surface area contributed by atoms with Gasteiger partial charge >= 0.3 is 0 Å². The number of hydrogen-bond acceptors (Lipinski definition) is 4. The van der Waals surface area contributed by atoms with Crippen molar-refractivity contribution in [1.82, 2.24) is 14.6 Å². The monoisotopic (exact) mass is 367 g/mol. The molecule has 134 valence electrons. The second kappa shape index (κ2) is 7.15. The fourth-order valence-electron chi connectivity index (χ4n) is 3.47. The van der Waals surface area contributed by atoms with Crippen molar-refractivity contribution in [3.8, 4) is 11.1 Å². The van der Waals surface area contributed by atoms with Crippen LogP contribution in [0.1, 0.15) is 6.42 Å². The topological polar surface area (TPSA) is 62.3 Å². The molecule has 0 bridgehead atoms. The van der Waals surface area contributed by atoms with Gasteiger partial charge < -0.3 is 5.32 Å². The van der Waals surface area contributed by atoms with Crippen molar-refractivity contribution in [2.24, 2.45) is 0 Å². The van der Waals surface area contributed by atoms with E-state index in [0.29, 0.717) is 24.5 Å². The first-order valence-electron chi connectivity index (χ1n) is 8.81. The smallest absolute Gasteiger partial charge is 0.243 e. The van der Waals surface area contributed by atoms with Gasteiger partial charge in [-0.2, -0.15) is 4.31 Å². The molecule has 4 rings (SSSR count). The summed E-state index contributed by atoms with van der Waals surface area (Å²) in [4.78, 5) is 4.54. The molecule has 1 aliphatic rings. The number of nitrogens with one attached hydrogen (secondary N) is 1. The Kier molecular flexibility index (Phi) is 4.72. The van der Waals surface area contributed by atoms with Gasteiger partial charge in [-0.15, -0.1) is 0 Å². The maximum atomic E-state index is 13.5. The summed E-state index contributed by atoms with van der Waals surface area (Å²) in [6.07, 6.45) is 4.30. The molecule has 0 saturated carbocycles. The van der Waals surface area contributed by atoms with Crippen LogP contribution in [0, 0.1) is 0 Å². The van der Waals surface area contributed by atoms with Crippen LogP contribution < -0.4 is 5.32 Å². The van der Waals surface area contributed by atoms with Gasteiger partial charge in [-0.05, 0) is 36.0 Å². The second-order valence-electron chi connectivity index (χ2n) is 6.41. The fourth-order valence-corrected chi connectivity index (χ4v) is 5.17. The van der Waals surface area contributed by atoms with Crippen molar-refractivity contribution in [3.05, 3.63) is 60.9 Å². The minimum Gasteiger partial charge on any atom is -0.315 e. The Labute approximate surface area is 153 Å². The highest BCUT2D eigenvalue weighted by Crippen LogP contribution is 2.35. The maximum Gasteiger partial charge on any atom is 0.243 e. The molecule has 2 heterocycles. The number of fused-ring (bicyclic) bond motifs is 1. The molecule has 0 unspecified atom stereocenters. The van der Waals surface area contributed by atoms with Crippen LogP contribution in [-0.4, -0.2) is 43.9 Å². The molecule has 0 radical (unpaired) electrons. The zero-order valence-corrected chi connectivity index (χ0v) is 15.2. The molecular weight excluding hydrogens is 346 g/mol. The van der Waals surface area contributed by atoms with E-state index in [0.717, 1.165) is 34.9 Å². The summed E-state index contributed by atoms with van der Waals surface area (Å²) in [6, 6.07) is 15.2. The maximum absolute atomic E-state index is 13.5. The van der Waals surface area contributed by atoms with Crippen molar-refractivity contribution in [1.29, 1.82) is 0 Å². The number of rotatable bonds is 3. The first-order chi connectivity index (χ1) is 12.7. The van der Waals surface area contributed by atoms with E-state index in [1.807, 2.05) is 42.5 Å². The third-order valence-corrected chi connectivity index (χ3v) is 6.70. The van der Waals surface area contributed by atoms with E-state index in [1.165, 1.54) is 0 Å². The summed E-state index contributed by atoms with van der Waals surface area (Å²) in [7, 11) is -3.58. The lowest BCUT2D eigenvalue weighted by Gasteiger charge is -2.22. The van der Waals surface area contributed by atoms with Crippen LogP contribution in [-0.2, 0) is 10.0 Å². The van der Waals surface area contributed by atoms with Gasteiger partial charge in [-0.1, -0.05) is 36.4 Å². The molecule has 1 aliphatic heterocycles. The average molecular weight is 367 g/mol. The number of nitrogens with zero attached hydrogens (tertiary/aromatic N) is 2. The Bertz CT molecular complexity index is 1010. The van der Waals surface area contributed by atoms with Crippen molar-refractivity contribution in [2.75, 3.05) is 26.2 Å². The van der Waals surface area contributed by atoms with Crippen molar-refractivity contribution >= 4 is 20.8 Å². The Hall–Kier alpha value is -2.28. The fraction of sp³-hybridized carbons (Fsp3) is 0.250. The van der Waals surface area contributed by atoms with Crippen LogP contribution >= 0.6 is 0 Å². The van der Waals surface area contributed by atoms with E-state index in [9.17, 15) is 8.42 Å². The minimum absolute atomic E-state index is 0.365. The molecular formula is C20H21N3O2S. The van der Waals surface area contributed by atoms with Gasteiger partial charge in [0.15, 0.2) is 0 Å². The molecule has 6 heteroatoms. The standard InChI is InChI=1S/C20H21N3O2S/c24-26(25,23-13-4-10-21-12-14-23)19-8-7-17-15-22-11-9-18(17)20(19)16-5-2-1-3-6-16/h1-3,5-9,11,15,21H,4,10,12-14H2. The molecule has 5 nitrogen and oxygen atoms in total. The van der Waals surface area contributed by atoms with Gasteiger partial charge in [-0.25, -0.2) is 8.42 Å². The van der Waals surface area contributed by atoms with Crippen LogP contribution in [0.2, 0.25) is 0 Å². The molecule has 1 fully saturated rings. The molecule has 0 aliphatic carbocycles. The van der Waals surface area contributed by atoms with E-state index in [2.05, 4.69) is 10.3 Å². The first kappa shape index (κ1) is 17.1. The predicted molar refractivity (Wildman–Crippen MR) is 103 cm³/mol. The first-order valence-corrected chi connectivity index (χ1v) is 10.2. The van der Waals surface area contributed by atoms with Crippen molar-refractivity contribution in [2.45, 2.75) is 11.3 Å². The summed E-state index contributed by atoms with van der Waals surface area (Å²) in [6.45, 7) is 2.56. The lowest BCUT2D eigenvalue weighted by atomic mass is 9.99. The molecule has 0 spiro atoms. The van der Waals surface area contributed by atoms with Gasteiger partial charge in [0.05, 0.1) is 4.90 Å². The summed E-state index contributed by atoms with van der Waals surface area (Å²) in [5.74, 6) is 0. The van der Waals surface area contributed by atoms with E-state index in [-0.39, 0.29) is 0 Å². The van der Waals surface area contributed by atoms with E-state index < -0.39 is 10.0 Å². The number of sulfonamides is 1. The second-order valence-corrected chi connectivity index (χ2v) is 8.32.